The van der Waals surface area contributed by atoms with Crippen LogP contribution in [-0.2, 0) is 4.79 Å². The number of hydrogen-bond donors (Lipinski definition) is 0. The molecule has 0 amide bonds. The van der Waals surface area contributed by atoms with E-state index in [4.69, 9.17) is 0 Å². The van der Waals surface area contributed by atoms with Crippen molar-refractivity contribution < 1.29 is 4.79 Å². The first-order chi connectivity index (χ1) is 5.67. The van der Waals surface area contributed by atoms with Gasteiger partial charge in [-0.2, -0.15) is 0 Å². The molecule has 1 atom stereocenters. The summed E-state index contributed by atoms with van der Waals surface area (Å²) in [6.07, 6.45) is 2.06. The summed E-state index contributed by atoms with van der Waals surface area (Å²) in [6, 6.07) is 0.148. The highest BCUT2D eigenvalue weighted by atomic mass is 16.1. The summed E-state index contributed by atoms with van der Waals surface area (Å²) in [5.41, 5.74) is 0. The Hall–Kier alpha value is -0.370. The van der Waals surface area contributed by atoms with Crippen LogP contribution < -0.4 is 0 Å². The fourth-order valence-corrected chi connectivity index (χ4v) is 1.62. The molecule has 0 aliphatic carbocycles. The zero-order chi connectivity index (χ0) is 9.56. The summed E-state index contributed by atoms with van der Waals surface area (Å²) >= 11 is 0. The average Bonchev–Trinajstić information content (AvgIpc) is 2.03. The third-order valence-corrected chi connectivity index (χ3v) is 2.21. The lowest BCUT2D eigenvalue weighted by Gasteiger charge is -2.27. The molecule has 2 nitrogen and oxygen atoms in total. The van der Waals surface area contributed by atoms with Crippen molar-refractivity contribution in [1.82, 2.24) is 4.90 Å². The maximum atomic E-state index is 11.2. The second-order valence-electron chi connectivity index (χ2n) is 3.16. The van der Waals surface area contributed by atoms with E-state index in [2.05, 4.69) is 25.7 Å². The van der Waals surface area contributed by atoms with E-state index in [1.165, 1.54) is 0 Å². The van der Waals surface area contributed by atoms with Crippen molar-refractivity contribution in [2.75, 3.05) is 13.1 Å². The molecule has 0 bridgehead atoms. The summed E-state index contributed by atoms with van der Waals surface area (Å²) in [6.45, 7) is 10.0. The van der Waals surface area contributed by atoms with Crippen molar-refractivity contribution in [2.45, 2.75) is 46.6 Å². The van der Waals surface area contributed by atoms with Crippen LogP contribution in [0.1, 0.15) is 40.5 Å². The van der Waals surface area contributed by atoms with Gasteiger partial charge in [0.2, 0.25) is 0 Å². The fraction of sp³-hybridized carbons (Fsp3) is 0.900. The van der Waals surface area contributed by atoms with Crippen molar-refractivity contribution >= 4 is 5.78 Å². The van der Waals surface area contributed by atoms with E-state index in [0.29, 0.717) is 5.78 Å². The Bertz CT molecular complexity index is 134. The van der Waals surface area contributed by atoms with E-state index in [1.54, 1.807) is 6.92 Å². The molecule has 12 heavy (non-hydrogen) atoms. The number of ketones is 1. The van der Waals surface area contributed by atoms with Crippen molar-refractivity contribution in [3.63, 3.8) is 0 Å². The Morgan fingerprint density at radius 3 is 2.17 bits per heavy atom. The number of hydrogen-bond acceptors (Lipinski definition) is 2. The monoisotopic (exact) mass is 171 g/mol. The number of likely N-dealkylation sites (N-methyl/N-ethyl adjacent to an activating group) is 1. The normalized spacial score (nSPS) is 13.4. The molecule has 0 aromatic heterocycles. The molecule has 2 heteroatoms. The zero-order valence-electron chi connectivity index (χ0n) is 8.76. The fourth-order valence-electron chi connectivity index (χ4n) is 1.62. The van der Waals surface area contributed by atoms with Crippen molar-refractivity contribution in [3.05, 3.63) is 0 Å². The van der Waals surface area contributed by atoms with E-state index < -0.39 is 0 Å². The minimum atomic E-state index is 0.148. The molecule has 72 valence electrons. The first kappa shape index (κ1) is 11.6. The van der Waals surface area contributed by atoms with Gasteiger partial charge in [-0.05, 0) is 32.9 Å². The topological polar surface area (TPSA) is 20.3 Å². The lowest BCUT2D eigenvalue weighted by molar-refractivity contribution is -0.122. The number of Topliss-reactive ketones (excluding diaryl/α,β-unsaturated/α-hetero) is 1. The number of carbonyl (C=O) groups is 1. The molecule has 0 saturated heterocycles. The van der Waals surface area contributed by atoms with Crippen LogP contribution in [0, 0.1) is 0 Å². The van der Waals surface area contributed by atoms with Gasteiger partial charge < -0.3 is 0 Å². The zero-order valence-corrected chi connectivity index (χ0v) is 8.76. The molecule has 0 aliphatic rings. The molecule has 0 heterocycles. The highest BCUT2D eigenvalue weighted by Crippen LogP contribution is 2.05. The van der Waals surface area contributed by atoms with E-state index >= 15 is 0 Å². The van der Waals surface area contributed by atoms with Crippen molar-refractivity contribution in [3.8, 4) is 0 Å². The maximum absolute atomic E-state index is 11.2. The third-order valence-electron chi connectivity index (χ3n) is 2.21. The first-order valence-corrected chi connectivity index (χ1v) is 4.91. The van der Waals surface area contributed by atoms with Crippen molar-refractivity contribution in [2.24, 2.45) is 0 Å². The molecule has 0 aromatic rings. The molecule has 0 N–H and O–H groups in total. The van der Waals surface area contributed by atoms with Gasteiger partial charge in [-0.25, -0.2) is 0 Å². The predicted molar refractivity (Wildman–Crippen MR) is 52.3 cm³/mol. The van der Waals surface area contributed by atoms with Crippen LogP contribution in [0.3, 0.4) is 0 Å². The largest absolute Gasteiger partial charge is 0.298 e. The van der Waals surface area contributed by atoms with Crippen LogP contribution >= 0.6 is 0 Å². The van der Waals surface area contributed by atoms with Gasteiger partial charge >= 0.3 is 0 Å². The molecule has 0 saturated carbocycles. The highest BCUT2D eigenvalue weighted by molar-refractivity contribution is 5.81. The molecule has 0 aromatic carbocycles. The van der Waals surface area contributed by atoms with Crippen LogP contribution in [-0.4, -0.2) is 29.8 Å². The molecule has 0 radical (unpaired) electrons. The van der Waals surface area contributed by atoms with E-state index in [0.717, 1.165) is 25.9 Å². The quantitative estimate of drug-likeness (QED) is 0.610. The minimum absolute atomic E-state index is 0.148. The summed E-state index contributed by atoms with van der Waals surface area (Å²) in [7, 11) is 0. The Balaban J connectivity index is 4.12. The summed E-state index contributed by atoms with van der Waals surface area (Å²) in [5.74, 6) is 0.299. The van der Waals surface area contributed by atoms with Crippen molar-refractivity contribution in [1.29, 1.82) is 0 Å². The number of nitrogens with zero attached hydrogens (tertiary/aromatic N) is 1. The first-order valence-electron chi connectivity index (χ1n) is 4.91. The van der Waals surface area contributed by atoms with Gasteiger partial charge in [-0.15, -0.1) is 0 Å². The summed E-state index contributed by atoms with van der Waals surface area (Å²) in [5, 5.41) is 0. The molecule has 0 rings (SSSR count). The van der Waals surface area contributed by atoms with Gasteiger partial charge in [0.15, 0.2) is 0 Å². The van der Waals surface area contributed by atoms with Crippen LogP contribution in [0.4, 0.5) is 0 Å². The van der Waals surface area contributed by atoms with Crippen LogP contribution in [0.25, 0.3) is 0 Å². The lowest BCUT2D eigenvalue weighted by Crippen LogP contribution is -2.40. The average molecular weight is 171 g/mol. The molecule has 0 fully saturated rings. The van der Waals surface area contributed by atoms with Gasteiger partial charge in [0.05, 0.1) is 6.04 Å². The van der Waals surface area contributed by atoms with Gasteiger partial charge in [0, 0.05) is 0 Å². The second kappa shape index (κ2) is 6.18. The second-order valence-corrected chi connectivity index (χ2v) is 3.16. The summed E-state index contributed by atoms with van der Waals surface area (Å²) < 4.78 is 0. The van der Waals surface area contributed by atoms with Gasteiger partial charge in [0.25, 0.3) is 0 Å². The van der Waals surface area contributed by atoms with E-state index in [-0.39, 0.29) is 6.04 Å². The standard InChI is InChI=1S/C10H21NO/c1-5-8-11(7-3)10(6-2)9(4)12/h10H,5-8H2,1-4H3. The van der Waals surface area contributed by atoms with Crippen LogP contribution in [0.15, 0.2) is 0 Å². The number of rotatable bonds is 6. The molecule has 0 spiro atoms. The van der Waals surface area contributed by atoms with Gasteiger partial charge in [-0.3, -0.25) is 9.69 Å². The van der Waals surface area contributed by atoms with E-state index in [9.17, 15) is 4.79 Å². The molecule has 1 unspecified atom stereocenters. The van der Waals surface area contributed by atoms with Crippen LogP contribution in [0.5, 0.6) is 0 Å². The molecular weight excluding hydrogens is 150 g/mol. The molecular formula is C10H21NO. The SMILES string of the molecule is CCCN(CC)C(CC)C(C)=O. The van der Waals surface area contributed by atoms with E-state index in [1.807, 2.05) is 0 Å². The smallest absolute Gasteiger partial charge is 0.146 e. The Labute approximate surface area is 75.9 Å². The molecule has 0 aliphatic heterocycles. The minimum Gasteiger partial charge on any atom is -0.298 e. The summed E-state index contributed by atoms with van der Waals surface area (Å²) in [4.78, 5) is 13.5. The predicted octanol–water partition coefficient (Wildman–Crippen LogP) is 2.09. The lowest BCUT2D eigenvalue weighted by atomic mass is 10.1. The Morgan fingerprint density at radius 2 is 1.92 bits per heavy atom. The Morgan fingerprint density at radius 1 is 1.33 bits per heavy atom. The third kappa shape index (κ3) is 3.35. The van der Waals surface area contributed by atoms with Crippen LogP contribution in [0.2, 0.25) is 0 Å². The number of carbonyl (C=O) groups excluding carboxylic acids is 1. The Kier molecular flexibility index (Phi) is 5.99. The van der Waals surface area contributed by atoms with Gasteiger partial charge in [0.1, 0.15) is 5.78 Å². The van der Waals surface area contributed by atoms with Gasteiger partial charge in [-0.1, -0.05) is 20.8 Å². The highest BCUT2D eigenvalue weighted by Gasteiger charge is 2.17. The maximum Gasteiger partial charge on any atom is 0.146 e.